The van der Waals surface area contributed by atoms with Crippen LogP contribution in [0.25, 0.3) is 11.6 Å². The van der Waals surface area contributed by atoms with Gasteiger partial charge in [0.15, 0.2) is 0 Å². The molecule has 0 saturated heterocycles. The Hall–Kier alpha value is -2.75. The number of benzene rings is 2. The average Bonchev–Trinajstić information content (AvgIpc) is 2.53. The molecule has 0 amide bonds. The summed E-state index contributed by atoms with van der Waals surface area (Å²) in [5, 5.41) is 9.53. The minimum atomic E-state index is -1.01. The average molecular weight is 298 g/mol. The highest BCUT2D eigenvalue weighted by Gasteiger charge is 2.16. The highest BCUT2D eigenvalue weighted by atomic mass is 16.5. The Bertz CT molecular complexity index is 700. The molecule has 0 heterocycles. The summed E-state index contributed by atoms with van der Waals surface area (Å²) in [4.78, 5) is 11.6. The molecule has 0 aromatic heterocycles. The summed E-state index contributed by atoms with van der Waals surface area (Å²) in [6, 6.07) is 12.7. The van der Waals surface area contributed by atoms with Crippen LogP contribution in [0, 0.1) is 6.92 Å². The molecular weight excluding hydrogens is 280 g/mol. The summed E-state index contributed by atoms with van der Waals surface area (Å²) in [7, 11) is 3.05. The Kier molecular flexibility index (Phi) is 4.84. The molecule has 1 N–H and O–H groups in total. The van der Waals surface area contributed by atoms with Gasteiger partial charge in [0.25, 0.3) is 0 Å². The van der Waals surface area contributed by atoms with Gasteiger partial charge < -0.3 is 14.6 Å². The van der Waals surface area contributed by atoms with Gasteiger partial charge in [-0.2, -0.15) is 0 Å². The molecule has 0 unspecified atom stereocenters. The van der Waals surface area contributed by atoms with Crippen molar-refractivity contribution < 1.29 is 19.4 Å². The number of carboxylic acids is 1. The molecule has 22 heavy (non-hydrogen) atoms. The van der Waals surface area contributed by atoms with E-state index in [0.717, 1.165) is 11.1 Å². The number of hydrogen-bond acceptors (Lipinski definition) is 3. The first-order chi connectivity index (χ1) is 10.5. The van der Waals surface area contributed by atoms with Gasteiger partial charge in [0.05, 0.1) is 19.8 Å². The molecule has 0 bridgehead atoms. The fourth-order valence-corrected chi connectivity index (χ4v) is 2.11. The number of aryl methyl sites for hydroxylation is 1. The van der Waals surface area contributed by atoms with Gasteiger partial charge in [0.1, 0.15) is 11.5 Å². The zero-order chi connectivity index (χ0) is 16.1. The molecule has 2 aromatic carbocycles. The lowest BCUT2D eigenvalue weighted by Crippen LogP contribution is -2.02. The molecule has 0 radical (unpaired) electrons. The molecule has 0 fully saturated rings. The van der Waals surface area contributed by atoms with E-state index >= 15 is 0 Å². The highest BCUT2D eigenvalue weighted by molar-refractivity contribution is 6.21. The van der Waals surface area contributed by atoms with E-state index in [4.69, 9.17) is 9.47 Å². The first-order valence-corrected chi connectivity index (χ1v) is 6.79. The third-order valence-electron chi connectivity index (χ3n) is 3.32. The normalized spacial score (nSPS) is 11.1. The summed E-state index contributed by atoms with van der Waals surface area (Å²) < 4.78 is 10.4. The summed E-state index contributed by atoms with van der Waals surface area (Å²) in [6.07, 6.45) is 1.63. The van der Waals surface area contributed by atoms with E-state index in [2.05, 4.69) is 0 Å². The largest absolute Gasteiger partial charge is 0.497 e. The molecule has 0 aliphatic rings. The summed E-state index contributed by atoms with van der Waals surface area (Å²) >= 11 is 0. The van der Waals surface area contributed by atoms with Crippen molar-refractivity contribution in [2.45, 2.75) is 6.92 Å². The third-order valence-corrected chi connectivity index (χ3v) is 3.32. The number of ether oxygens (including phenoxy) is 2. The van der Waals surface area contributed by atoms with Crippen LogP contribution in [0.3, 0.4) is 0 Å². The number of carbonyl (C=O) groups is 1. The minimum absolute atomic E-state index is 0.170. The van der Waals surface area contributed by atoms with Crippen LogP contribution < -0.4 is 9.47 Å². The lowest BCUT2D eigenvalue weighted by Gasteiger charge is -2.11. The minimum Gasteiger partial charge on any atom is -0.497 e. The first kappa shape index (κ1) is 15.6. The van der Waals surface area contributed by atoms with Crippen LogP contribution in [0.1, 0.15) is 16.7 Å². The van der Waals surface area contributed by atoms with Gasteiger partial charge in [-0.1, -0.05) is 29.8 Å². The van der Waals surface area contributed by atoms with Crippen molar-refractivity contribution in [3.63, 3.8) is 0 Å². The Morgan fingerprint density at radius 3 is 2.27 bits per heavy atom. The van der Waals surface area contributed by atoms with Crippen molar-refractivity contribution in [3.8, 4) is 11.5 Å². The van der Waals surface area contributed by atoms with Gasteiger partial charge in [-0.15, -0.1) is 0 Å². The van der Waals surface area contributed by atoms with Crippen molar-refractivity contribution in [1.82, 2.24) is 0 Å². The van der Waals surface area contributed by atoms with E-state index in [1.807, 2.05) is 31.2 Å². The van der Waals surface area contributed by atoms with Crippen LogP contribution in [0.2, 0.25) is 0 Å². The van der Waals surface area contributed by atoms with E-state index in [1.54, 1.807) is 31.4 Å². The zero-order valence-corrected chi connectivity index (χ0v) is 12.8. The molecule has 0 atom stereocenters. The fourth-order valence-electron chi connectivity index (χ4n) is 2.11. The van der Waals surface area contributed by atoms with Crippen LogP contribution in [-0.4, -0.2) is 25.3 Å². The van der Waals surface area contributed by atoms with E-state index < -0.39 is 5.97 Å². The number of hydrogen-bond donors (Lipinski definition) is 1. The predicted molar refractivity (Wildman–Crippen MR) is 86.2 cm³/mol. The Balaban J connectivity index is 2.52. The quantitative estimate of drug-likeness (QED) is 0.676. The van der Waals surface area contributed by atoms with Gasteiger partial charge in [-0.05, 0) is 30.7 Å². The smallest absolute Gasteiger partial charge is 0.336 e. The SMILES string of the molecule is COc1ccc(/C(=C/c2ccc(C)cc2)C(=O)O)c(OC)c1. The Morgan fingerprint density at radius 1 is 1.05 bits per heavy atom. The van der Waals surface area contributed by atoms with Gasteiger partial charge in [-0.3, -0.25) is 0 Å². The fraction of sp³-hybridized carbons (Fsp3) is 0.167. The van der Waals surface area contributed by atoms with Gasteiger partial charge in [-0.25, -0.2) is 4.79 Å². The van der Waals surface area contributed by atoms with Crippen molar-refractivity contribution in [1.29, 1.82) is 0 Å². The predicted octanol–water partition coefficient (Wildman–Crippen LogP) is 3.64. The Morgan fingerprint density at radius 2 is 1.73 bits per heavy atom. The van der Waals surface area contributed by atoms with Crippen molar-refractivity contribution in [3.05, 3.63) is 59.2 Å². The summed E-state index contributed by atoms with van der Waals surface area (Å²) in [5.41, 5.74) is 2.62. The van der Waals surface area contributed by atoms with Crippen LogP contribution in [-0.2, 0) is 4.79 Å². The van der Waals surface area contributed by atoms with E-state index in [1.165, 1.54) is 7.11 Å². The van der Waals surface area contributed by atoms with Crippen molar-refractivity contribution in [2.24, 2.45) is 0 Å². The van der Waals surface area contributed by atoms with Crippen molar-refractivity contribution >= 4 is 17.6 Å². The topological polar surface area (TPSA) is 55.8 Å². The summed E-state index contributed by atoms with van der Waals surface area (Å²) in [6.45, 7) is 1.98. The molecule has 4 heteroatoms. The van der Waals surface area contributed by atoms with Crippen LogP contribution in [0.15, 0.2) is 42.5 Å². The lowest BCUT2D eigenvalue weighted by atomic mass is 10.0. The molecule has 0 saturated carbocycles. The molecule has 0 spiro atoms. The van der Waals surface area contributed by atoms with Gasteiger partial charge >= 0.3 is 5.97 Å². The number of carboxylic acid groups (broad SMARTS) is 1. The maximum absolute atomic E-state index is 11.6. The molecule has 0 aliphatic heterocycles. The van der Waals surface area contributed by atoms with Crippen LogP contribution in [0.4, 0.5) is 0 Å². The molecule has 2 rings (SSSR count). The highest BCUT2D eigenvalue weighted by Crippen LogP contribution is 2.31. The van der Waals surface area contributed by atoms with Gasteiger partial charge in [0, 0.05) is 11.6 Å². The first-order valence-electron chi connectivity index (χ1n) is 6.79. The standard InChI is InChI=1S/C18H18O4/c1-12-4-6-13(7-5-12)10-16(18(19)20)15-9-8-14(21-2)11-17(15)22-3/h4-11H,1-3H3,(H,19,20)/b16-10-. The summed E-state index contributed by atoms with van der Waals surface area (Å²) in [5.74, 6) is 0.0600. The number of aliphatic carboxylic acids is 1. The zero-order valence-electron chi connectivity index (χ0n) is 12.8. The van der Waals surface area contributed by atoms with Crippen molar-refractivity contribution in [2.75, 3.05) is 14.2 Å². The maximum Gasteiger partial charge on any atom is 0.336 e. The molecular formula is C18H18O4. The van der Waals surface area contributed by atoms with Crippen LogP contribution >= 0.6 is 0 Å². The second-order valence-electron chi connectivity index (χ2n) is 4.84. The lowest BCUT2D eigenvalue weighted by molar-refractivity contribution is -0.130. The number of methoxy groups -OCH3 is 2. The maximum atomic E-state index is 11.6. The third kappa shape index (κ3) is 3.47. The second-order valence-corrected chi connectivity index (χ2v) is 4.84. The van der Waals surface area contributed by atoms with E-state index in [-0.39, 0.29) is 5.57 Å². The molecule has 4 nitrogen and oxygen atoms in total. The second kappa shape index (κ2) is 6.80. The molecule has 114 valence electrons. The monoisotopic (exact) mass is 298 g/mol. The Labute approximate surface area is 129 Å². The molecule has 2 aromatic rings. The number of rotatable bonds is 5. The van der Waals surface area contributed by atoms with E-state index in [9.17, 15) is 9.90 Å². The molecule has 0 aliphatic carbocycles. The van der Waals surface area contributed by atoms with Gasteiger partial charge in [0.2, 0.25) is 0 Å². The van der Waals surface area contributed by atoms with Crippen LogP contribution in [0.5, 0.6) is 11.5 Å². The van der Waals surface area contributed by atoms with E-state index in [0.29, 0.717) is 17.1 Å².